The van der Waals surface area contributed by atoms with Crippen LogP contribution < -0.4 is 10.6 Å². The van der Waals surface area contributed by atoms with Crippen LogP contribution in [0.1, 0.15) is 19.8 Å². The van der Waals surface area contributed by atoms with Crippen LogP contribution in [0.5, 0.6) is 0 Å². The van der Waals surface area contributed by atoms with E-state index in [1.54, 1.807) is 6.92 Å². The molecule has 0 fully saturated rings. The lowest BCUT2D eigenvalue weighted by Gasteiger charge is -2.30. The van der Waals surface area contributed by atoms with Crippen molar-refractivity contribution in [2.45, 2.75) is 25.3 Å². The van der Waals surface area contributed by atoms with E-state index in [0.29, 0.717) is 6.42 Å². The van der Waals surface area contributed by atoms with Gasteiger partial charge in [0.2, 0.25) is 11.8 Å². The van der Waals surface area contributed by atoms with Gasteiger partial charge in [0.05, 0.1) is 18.1 Å². The number of carboxylic acid groups (broad SMARTS) is 1. The normalized spacial score (nSPS) is 13.5. The maximum atomic E-state index is 11.4. The first-order valence-corrected chi connectivity index (χ1v) is 6.71. The van der Waals surface area contributed by atoms with E-state index in [1.165, 1.54) is 0 Å². The molecule has 0 aromatic rings. The maximum absolute atomic E-state index is 11.4. The smallest absolute Gasteiger partial charge is 0.331 e. The van der Waals surface area contributed by atoms with Crippen LogP contribution in [-0.4, -0.2) is 46.5 Å². The molecule has 0 aromatic heterocycles. The number of hydrogen-bond donors (Lipinski definition) is 5. The number of carbonyl (C=O) groups excluding carboxylic acids is 2. The molecule has 0 spiro atoms. The molecule has 0 saturated heterocycles. The molecule has 0 rings (SSSR count). The van der Waals surface area contributed by atoms with Crippen LogP contribution in [0, 0.1) is 0 Å². The SMILES string of the molecule is CCCC(CNC(=O)CS)(NC(=O)CS)C(=O)O. The Morgan fingerprint density at radius 2 is 1.72 bits per heavy atom. The van der Waals surface area contributed by atoms with Crippen molar-refractivity contribution >= 4 is 43.0 Å². The molecule has 6 nitrogen and oxygen atoms in total. The molecule has 0 aliphatic rings. The third-order valence-electron chi connectivity index (χ3n) is 2.34. The lowest BCUT2D eigenvalue weighted by Crippen LogP contribution is -2.61. The molecule has 1 unspecified atom stereocenters. The van der Waals surface area contributed by atoms with Crippen LogP contribution >= 0.6 is 25.3 Å². The predicted octanol–water partition coefficient (Wildman–Crippen LogP) is -0.298. The fourth-order valence-electron chi connectivity index (χ4n) is 1.47. The van der Waals surface area contributed by atoms with E-state index in [4.69, 9.17) is 0 Å². The van der Waals surface area contributed by atoms with Gasteiger partial charge in [-0.2, -0.15) is 25.3 Å². The van der Waals surface area contributed by atoms with Crippen LogP contribution in [0.15, 0.2) is 0 Å². The number of carboxylic acids is 1. The molecule has 0 heterocycles. The van der Waals surface area contributed by atoms with Gasteiger partial charge >= 0.3 is 5.97 Å². The predicted molar refractivity (Wildman–Crippen MR) is 74.1 cm³/mol. The average molecular weight is 294 g/mol. The fourth-order valence-corrected chi connectivity index (χ4v) is 1.66. The summed E-state index contributed by atoms with van der Waals surface area (Å²) in [5.74, 6) is -2.21. The van der Waals surface area contributed by atoms with E-state index in [9.17, 15) is 19.5 Å². The number of amides is 2. The first-order valence-electron chi connectivity index (χ1n) is 5.44. The van der Waals surface area contributed by atoms with Crippen molar-refractivity contribution in [3.05, 3.63) is 0 Å². The van der Waals surface area contributed by atoms with E-state index < -0.39 is 17.4 Å². The minimum absolute atomic E-state index is 0.0393. The highest BCUT2D eigenvalue weighted by Gasteiger charge is 2.39. The van der Waals surface area contributed by atoms with E-state index in [-0.39, 0.29) is 30.4 Å². The second kappa shape index (κ2) is 8.25. The molecule has 8 heteroatoms. The van der Waals surface area contributed by atoms with Crippen molar-refractivity contribution in [1.29, 1.82) is 0 Å². The summed E-state index contributed by atoms with van der Waals surface area (Å²) in [6, 6.07) is 0. The van der Waals surface area contributed by atoms with Crippen molar-refractivity contribution in [3.63, 3.8) is 0 Å². The third kappa shape index (κ3) is 5.18. The molecule has 1 atom stereocenters. The van der Waals surface area contributed by atoms with Crippen molar-refractivity contribution in [3.8, 4) is 0 Å². The number of thiol groups is 2. The van der Waals surface area contributed by atoms with E-state index in [0.717, 1.165) is 0 Å². The number of carbonyl (C=O) groups is 3. The highest BCUT2D eigenvalue weighted by Crippen LogP contribution is 2.13. The Morgan fingerprint density at radius 1 is 1.17 bits per heavy atom. The van der Waals surface area contributed by atoms with Crippen molar-refractivity contribution in [2.75, 3.05) is 18.1 Å². The summed E-state index contributed by atoms with van der Waals surface area (Å²) in [6.45, 7) is 1.63. The zero-order valence-electron chi connectivity index (χ0n) is 10.1. The Morgan fingerprint density at radius 3 is 2.11 bits per heavy atom. The van der Waals surface area contributed by atoms with Crippen molar-refractivity contribution in [1.82, 2.24) is 10.6 Å². The molecule has 0 aromatic carbocycles. The van der Waals surface area contributed by atoms with Gasteiger partial charge in [0, 0.05) is 0 Å². The summed E-state index contributed by atoms with van der Waals surface area (Å²) in [6.07, 6.45) is 0.768. The summed E-state index contributed by atoms with van der Waals surface area (Å²) in [5, 5.41) is 14.1. The molecule has 18 heavy (non-hydrogen) atoms. The number of rotatable bonds is 8. The largest absolute Gasteiger partial charge is 0.479 e. The Hall–Kier alpha value is -0.890. The monoisotopic (exact) mass is 294 g/mol. The molecular weight excluding hydrogens is 276 g/mol. The zero-order valence-corrected chi connectivity index (χ0v) is 11.9. The van der Waals surface area contributed by atoms with E-state index >= 15 is 0 Å². The topological polar surface area (TPSA) is 95.5 Å². The molecule has 0 aliphatic carbocycles. The van der Waals surface area contributed by atoms with E-state index in [1.807, 2.05) is 0 Å². The molecule has 0 aliphatic heterocycles. The molecule has 0 bridgehead atoms. The summed E-state index contributed by atoms with van der Waals surface area (Å²) < 4.78 is 0. The first-order chi connectivity index (χ1) is 8.41. The van der Waals surface area contributed by atoms with Gasteiger partial charge in [-0.3, -0.25) is 9.59 Å². The van der Waals surface area contributed by atoms with Crippen molar-refractivity contribution < 1.29 is 19.5 Å². The van der Waals surface area contributed by atoms with Gasteiger partial charge < -0.3 is 15.7 Å². The molecule has 0 saturated carbocycles. The molecule has 2 amide bonds. The van der Waals surface area contributed by atoms with Crippen LogP contribution in [-0.2, 0) is 14.4 Å². The first kappa shape index (κ1) is 17.1. The van der Waals surface area contributed by atoms with Gasteiger partial charge in [-0.1, -0.05) is 13.3 Å². The Kier molecular flexibility index (Phi) is 7.85. The Labute approximate surface area is 117 Å². The Balaban J connectivity index is 4.90. The fraction of sp³-hybridized carbons (Fsp3) is 0.700. The van der Waals surface area contributed by atoms with Gasteiger partial charge in [-0.05, 0) is 6.42 Å². The van der Waals surface area contributed by atoms with Crippen LogP contribution in [0.2, 0.25) is 0 Å². The highest BCUT2D eigenvalue weighted by molar-refractivity contribution is 7.81. The average Bonchev–Trinajstić information content (AvgIpc) is 2.35. The number of aliphatic carboxylic acids is 1. The van der Waals surface area contributed by atoms with Gasteiger partial charge in [-0.25, -0.2) is 4.79 Å². The van der Waals surface area contributed by atoms with Gasteiger partial charge in [0.25, 0.3) is 0 Å². The summed E-state index contributed by atoms with van der Waals surface area (Å²) in [5.41, 5.74) is -1.49. The number of nitrogens with one attached hydrogen (secondary N) is 2. The lowest BCUT2D eigenvalue weighted by atomic mass is 9.93. The zero-order chi connectivity index (χ0) is 14.2. The molecular formula is C10H18N2O4S2. The maximum Gasteiger partial charge on any atom is 0.331 e. The second-order valence-electron chi connectivity index (χ2n) is 3.78. The third-order valence-corrected chi connectivity index (χ3v) is 2.91. The molecule has 104 valence electrons. The quantitative estimate of drug-likeness (QED) is 0.397. The van der Waals surface area contributed by atoms with Crippen LogP contribution in [0.25, 0.3) is 0 Å². The lowest BCUT2D eigenvalue weighted by molar-refractivity contribution is -0.147. The highest BCUT2D eigenvalue weighted by atomic mass is 32.1. The standard InChI is InChI=1S/C10H18N2O4S2/c1-2-3-10(9(15)16,12-8(14)5-18)6-11-7(13)4-17/h17-18H,2-6H2,1H3,(H,11,13)(H,12,14)(H,15,16). The van der Waals surface area contributed by atoms with Crippen molar-refractivity contribution in [2.24, 2.45) is 0 Å². The van der Waals surface area contributed by atoms with Crippen LogP contribution in [0.3, 0.4) is 0 Å². The van der Waals surface area contributed by atoms with Gasteiger partial charge in [0.15, 0.2) is 5.54 Å². The van der Waals surface area contributed by atoms with Gasteiger partial charge in [0.1, 0.15) is 0 Å². The summed E-state index contributed by atoms with van der Waals surface area (Å²) in [7, 11) is 0. The molecule has 3 N–H and O–H groups in total. The summed E-state index contributed by atoms with van der Waals surface area (Å²) >= 11 is 7.56. The minimum Gasteiger partial charge on any atom is -0.479 e. The number of hydrogen-bond acceptors (Lipinski definition) is 5. The van der Waals surface area contributed by atoms with Crippen LogP contribution in [0.4, 0.5) is 0 Å². The summed E-state index contributed by atoms with van der Waals surface area (Å²) in [4.78, 5) is 33.8. The minimum atomic E-state index is -1.49. The second-order valence-corrected chi connectivity index (χ2v) is 4.41. The molecule has 0 radical (unpaired) electrons. The van der Waals surface area contributed by atoms with Gasteiger partial charge in [-0.15, -0.1) is 0 Å². The Bertz CT molecular complexity index is 325. The van der Waals surface area contributed by atoms with E-state index in [2.05, 4.69) is 35.9 Å².